The first-order chi connectivity index (χ1) is 10.2. The molecule has 0 aliphatic carbocycles. The van der Waals surface area contributed by atoms with Gasteiger partial charge in [-0.2, -0.15) is 11.8 Å². The average Bonchev–Trinajstić information content (AvgIpc) is 2.50. The van der Waals surface area contributed by atoms with Gasteiger partial charge in [0.2, 0.25) is 0 Å². The van der Waals surface area contributed by atoms with Gasteiger partial charge in [0.15, 0.2) is 0 Å². The van der Waals surface area contributed by atoms with Crippen LogP contribution in [0.2, 0.25) is 0 Å². The van der Waals surface area contributed by atoms with Crippen molar-refractivity contribution in [3.8, 4) is 0 Å². The van der Waals surface area contributed by atoms with Crippen LogP contribution in [0.5, 0.6) is 0 Å². The SMILES string of the molecule is CCCNCCc1ccccc1CN(C)C(CC)CSC. The Morgan fingerprint density at radius 2 is 1.86 bits per heavy atom. The first-order valence-electron chi connectivity index (χ1n) is 8.19. The predicted octanol–water partition coefficient (Wildman–Crippen LogP) is 3.80. The summed E-state index contributed by atoms with van der Waals surface area (Å²) in [5, 5.41) is 3.50. The Kier molecular flexibility index (Phi) is 9.81. The standard InChI is InChI=1S/C18H32N2S/c1-5-12-19-13-11-16-9-7-8-10-17(16)14-20(3)18(6-2)15-21-4/h7-10,18-19H,5-6,11-15H2,1-4H3. The topological polar surface area (TPSA) is 15.3 Å². The van der Waals surface area contributed by atoms with Crippen molar-refractivity contribution in [2.24, 2.45) is 0 Å². The van der Waals surface area contributed by atoms with Crippen LogP contribution in [0.15, 0.2) is 24.3 Å². The molecule has 0 aliphatic heterocycles. The molecule has 1 aromatic rings. The molecule has 1 aromatic carbocycles. The highest BCUT2D eigenvalue weighted by atomic mass is 32.2. The quantitative estimate of drug-likeness (QED) is 0.626. The third-order valence-corrected chi connectivity index (χ3v) is 4.71. The lowest BCUT2D eigenvalue weighted by molar-refractivity contribution is 0.247. The summed E-state index contributed by atoms with van der Waals surface area (Å²) >= 11 is 1.95. The van der Waals surface area contributed by atoms with Crippen molar-refractivity contribution >= 4 is 11.8 Å². The number of hydrogen-bond acceptors (Lipinski definition) is 3. The molecule has 2 nitrogen and oxygen atoms in total. The van der Waals surface area contributed by atoms with Gasteiger partial charge in [0.25, 0.3) is 0 Å². The zero-order valence-electron chi connectivity index (χ0n) is 14.2. The van der Waals surface area contributed by atoms with Crippen LogP contribution in [0.4, 0.5) is 0 Å². The lowest BCUT2D eigenvalue weighted by Crippen LogP contribution is -2.33. The first kappa shape index (κ1) is 18.5. The minimum Gasteiger partial charge on any atom is -0.316 e. The van der Waals surface area contributed by atoms with Gasteiger partial charge in [-0.25, -0.2) is 0 Å². The van der Waals surface area contributed by atoms with Crippen molar-refractivity contribution in [2.75, 3.05) is 32.1 Å². The molecule has 1 unspecified atom stereocenters. The van der Waals surface area contributed by atoms with Crippen LogP contribution >= 0.6 is 11.8 Å². The number of benzene rings is 1. The van der Waals surface area contributed by atoms with E-state index in [0.29, 0.717) is 6.04 Å². The van der Waals surface area contributed by atoms with Gasteiger partial charge in [0.1, 0.15) is 0 Å². The van der Waals surface area contributed by atoms with E-state index in [9.17, 15) is 0 Å². The molecule has 0 radical (unpaired) electrons. The van der Waals surface area contributed by atoms with Gasteiger partial charge in [0.05, 0.1) is 0 Å². The van der Waals surface area contributed by atoms with Crippen LogP contribution in [0, 0.1) is 0 Å². The van der Waals surface area contributed by atoms with Crippen molar-refractivity contribution in [3.05, 3.63) is 35.4 Å². The fourth-order valence-electron chi connectivity index (χ4n) is 2.63. The maximum atomic E-state index is 3.50. The molecule has 0 aliphatic rings. The largest absolute Gasteiger partial charge is 0.316 e. The lowest BCUT2D eigenvalue weighted by Gasteiger charge is -2.27. The van der Waals surface area contributed by atoms with E-state index < -0.39 is 0 Å². The van der Waals surface area contributed by atoms with Crippen LogP contribution in [0.25, 0.3) is 0 Å². The first-order valence-corrected chi connectivity index (χ1v) is 9.58. The molecule has 21 heavy (non-hydrogen) atoms. The number of rotatable bonds is 11. The molecule has 0 bridgehead atoms. The van der Waals surface area contributed by atoms with Crippen molar-refractivity contribution in [1.29, 1.82) is 0 Å². The highest BCUT2D eigenvalue weighted by Crippen LogP contribution is 2.16. The van der Waals surface area contributed by atoms with Crippen LogP contribution < -0.4 is 5.32 Å². The van der Waals surface area contributed by atoms with Gasteiger partial charge in [-0.05, 0) is 56.8 Å². The van der Waals surface area contributed by atoms with Crippen molar-refractivity contribution in [2.45, 2.75) is 45.7 Å². The number of nitrogens with zero attached hydrogens (tertiary/aromatic N) is 1. The normalized spacial score (nSPS) is 12.8. The van der Waals surface area contributed by atoms with Crippen LogP contribution in [-0.4, -0.2) is 43.1 Å². The Balaban J connectivity index is 2.60. The molecule has 1 atom stereocenters. The van der Waals surface area contributed by atoms with Gasteiger partial charge >= 0.3 is 0 Å². The van der Waals surface area contributed by atoms with E-state index in [1.54, 1.807) is 0 Å². The summed E-state index contributed by atoms with van der Waals surface area (Å²) in [7, 11) is 2.26. The molecule has 0 heterocycles. The average molecular weight is 309 g/mol. The summed E-state index contributed by atoms with van der Waals surface area (Å²) in [6.45, 7) is 7.76. The maximum absolute atomic E-state index is 3.50. The Bertz CT molecular complexity index is 381. The van der Waals surface area contributed by atoms with Crippen LogP contribution in [0.3, 0.4) is 0 Å². The van der Waals surface area contributed by atoms with E-state index >= 15 is 0 Å². The summed E-state index contributed by atoms with van der Waals surface area (Å²) in [6.07, 6.45) is 5.75. The predicted molar refractivity (Wildman–Crippen MR) is 97.2 cm³/mol. The third-order valence-electron chi connectivity index (χ3n) is 3.99. The molecular formula is C18H32N2S. The second kappa shape index (κ2) is 11.1. The zero-order valence-corrected chi connectivity index (χ0v) is 15.0. The summed E-state index contributed by atoms with van der Waals surface area (Å²) in [5.74, 6) is 1.22. The van der Waals surface area contributed by atoms with E-state index in [4.69, 9.17) is 0 Å². The molecule has 0 amide bonds. The molecular weight excluding hydrogens is 276 g/mol. The third kappa shape index (κ3) is 6.86. The van der Waals surface area contributed by atoms with Gasteiger partial charge in [0, 0.05) is 18.3 Å². The van der Waals surface area contributed by atoms with Gasteiger partial charge in [-0.3, -0.25) is 4.90 Å². The summed E-state index contributed by atoms with van der Waals surface area (Å²) < 4.78 is 0. The Hall–Kier alpha value is -0.510. The summed E-state index contributed by atoms with van der Waals surface area (Å²) in [5.41, 5.74) is 2.98. The molecule has 0 spiro atoms. The number of thioether (sulfide) groups is 1. The molecule has 0 aromatic heterocycles. The van der Waals surface area contributed by atoms with Crippen molar-refractivity contribution in [3.63, 3.8) is 0 Å². The Morgan fingerprint density at radius 1 is 1.14 bits per heavy atom. The van der Waals surface area contributed by atoms with Crippen LogP contribution in [-0.2, 0) is 13.0 Å². The Labute approximate surface area is 135 Å². The zero-order chi connectivity index (χ0) is 15.5. The maximum Gasteiger partial charge on any atom is 0.0236 e. The molecule has 0 saturated carbocycles. The number of hydrogen-bond donors (Lipinski definition) is 1. The van der Waals surface area contributed by atoms with E-state index in [2.05, 4.69) is 61.6 Å². The molecule has 0 saturated heterocycles. The van der Waals surface area contributed by atoms with E-state index in [1.807, 2.05) is 11.8 Å². The minimum atomic E-state index is 0.672. The van der Waals surface area contributed by atoms with Gasteiger partial charge < -0.3 is 5.32 Å². The highest BCUT2D eigenvalue weighted by molar-refractivity contribution is 7.98. The monoisotopic (exact) mass is 308 g/mol. The molecule has 0 fully saturated rings. The van der Waals surface area contributed by atoms with E-state index in [1.165, 1.54) is 29.7 Å². The van der Waals surface area contributed by atoms with Crippen molar-refractivity contribution < 1.29 is 0 Å². The second-order valence-electron chi connectivity index (χ2n) is 5.70. The fraction of sp³-hybridized carbons (Fsp3) is 0.667. The minimum absolute atomic E-state index is 0.672. The van der Waals surface area contributed by atoms with Gasteiger partial charge in [-0.1, -0.05) is 38.1 Å². The smallest absolute Gasteiger partial charge is 0.0236 e. The Morgan fingerprint density at radius 3 is 2.48 bits per heavy atom. The molecule has 1 rings (SSSR count). The van der Waals surface area contributed by atoms with E-state index in [-0.39, 0.29) is 0 Å². The summed E-state index contributed by atoms with van der Waals surface area (Å²) in [6, 6.07) is 9.58. The van der Waals surface area contributed by atoms with Crippen molar-refractivity contribution in [1.82, 2.24) is 10.2 Å². The number of nitrogens with one attached hydrogen (secondary N) is 1. The van der Waals surface area contributed by atoms with Crippen LogP contribution in [0.1, 0.15) is 37.8 Å². The fourth-order valence-corrected chi connectivity index (χ4v) is 3.50. The van der Waals surface area contributed by atoms with Gasteiger partial charge in [-0.15, -0.1) is 0 Å². The highest BCUT2D eigenvalue weighted by Gasteiger charge is 2.13. The van der Waals surface area contributed by atoms with E-state index in [0.717, 1.165) is 26.1 Å². The second-order valence-corrected chi connectivity index (χ2v) is 6.61. The molecule has 120 valence electrons. The molecule has 1 N–H and O–H groups in total. The molecule has 3 heteroatoms. The lowest BCUT2D eigenvalue weighted by atomic mass is 10.0. The summed E-state index contributed by atoms with van der Waals surface area (Å²) in [4.78, 5) is 2.51.